The second-order valence-corrected chi connectivity index (χ2v) is 10.5. The van der Waals surface area contributed by atoms with Crippen LogP contribution in [0.2, 0.25) is 0 Å². The predicted molar refractivity (Wildman–Crippen MR) is 137 cm³/mol. The molecule has 2 saturated heterocycles. The second kappa shape index (κ2) is 14.8. The van der Waals surface area contributed by atoms with Crippen molar-refractivity contribution in [2.45, 2.75) is 72.0 Å². The summed E-state index contributed by atoms with van der Waals surface area (Å²) in [4.78, 5) is 28.7. The minimum Gasteiger partial charge on any atom is -0.488 e. The highest BCUT2D eigenvalue weighted by Crippen LogP contribution is 2.31. The molecule has 0 bridgehead atoms. The highest BCUT2D eigenvalue weighted by atomic mass is 79.9. The fourth-order valence-corrected chi connectivity index (χ4v) is 4.91. The predicted octanol–water partition coefficient (Wildman–Crippen LogP) is 5.82. The monoisotopic (exact) mass is 548 g/mol. The van der Waals surface area contributed by atoms with Crippen molar-refractivity contribution in [3.63, 3.8) is 0 Å². The van der Waals surface area contributed by atoms with Gasteiger partial charge >= 0.3 is 6.09 Å². The zero-order valence-corrected chi connectivity index (χ0v) is 23.6. The molecule has 0 radical (unpaired) electrons. The molecular weight excluding hydrogens is 508 g/mol. The topological polar surface area (TPSA) is 68.3 Å². The summed E-state index contributed by atoms with van der Waals surface area (Å²) in [6.45, 7) is 12.2. The van der Waals surface area contributed by atoms with Gasteiger partial charge in [0.2, 0.25) is 5.91 Å². The number of ether oxygens (including phenoxy) is 3. The molecule has 1 aromatic heterocycles. The third-order valence-electron chi connectivity index (χ3n) is 5.13. The zero-order valence-electron chi connectivity index (χ0n) is 21.2. The first kappa shape index (κ1) is 29.7. The van der Waals surface area contributed by atoms with Crippen molar-refractivity contribution in [3.05, 3.63) is 15.2 Å². The first-order valence-corrected chi connectivity index (χ1v) is 13.4. The van der Waals surface area contributed by atoms with Gasteiger partial charge in [-0.25, -0.2) is 4.79 Å². The van der Waals surface area contributed by atoms with Gasteiger partial charge in [0.05, 0.1) is 4.47 Å². The minimum absolute atomic E-state index is 0.00201. The third-order valence-corrected chi connectivity index (χ3v) is 6.77. The van der Waals surface area contributed by atoms with Gasteiger partial charge in [0.25, 0.3) is 0 Å². The van der Waals surface area contributed by atoms with Gasteiger partial charge in [-0.15, -0.1) is 11.3 Å². The number of hydrogen-bond acceptors (Lipinski definition) is 6. The van der Waals surface area contributed by atoms with E-state index in [1.807, 2.05) is 50.3 Å². The molecular formula is C24H41BrN2O5S. The standard InChI is InChI=1S/C20H29BrN2O4S.C2H6O.C2H6/c1-20(2,3)27-19(25)23-8-4-14(5-9-23)18(24)22-10-6-15(7-11-22)26-17-13-28-12-16(17)21;1-3-2;1-2/h12-15H,4-11H2,1-3H3;1-2H3;1-2H3. The van der Waals surface area contributed by atoms with Crippen LogP contribution in [0.25, 0.3) is 0 Å². The van der Waals surface area contributed by atoms with E-state index in [-0.39, 0.29) is 24.0 Å². The number of carbonyl (C=O) groups excluding carboxylic acids is 2. The number of hydrogen-bond donors (Lipinski definition) is 0. The molecule has 0 unspecified atom stereocenters. The highest BCUT2D eigenvalue weighted by Gasteiger charge is 2.33. The molecule has 3 heterocycles. The first-order chi connectivity index (χ1) is 15.6. The molecule has 2 aliphatic rings. The number of methoxy groups -OCH3 is 1. The van der Waals surface area contributed by atoms with Gasteiger partial charge in [-0.2, -0.15) is 0 Å². The van der Waals surface area contributed by atoms with Crippen LogP contribution in [0.5, 0.6) is 5.75 Å². The summed E-state index contributed by atoms with van der Waals surface area (Å²) in [6, 6.07) is 0. The molecule has 0 atom stereocenters. The maximum absolute atomic E-state index is 12.9. The van der Waals surface area contributed by atoms with E-state index in [4.69, 9.17) is 9.47 Å². The summed E-state index contributed by atoms with van der Waals surface area (Å²) in [5, 5.41) is 4.01. The summed E-state index contributed by atoms with van der Waals surface area (Å²) in [5.41, 5.74) is -0.491. The molecule has 2 aliphatic heterocycles. The molecule has 0 saturated carbocycles. The molecule has 33 heavy (non-hydrogen) atoms. The van der Waals surface area contributed by atoms with Crippen LogP contribution < -0.4 is 4.74 Å². The third kappa shape index (κ3) is 10.2. The van der Waals surface area contributed by atoms with E-state index >= 15 is 0 Å². The molecule has 190 valence electrons. The number of likely N-dealkylation sites (tertiary alicyclic amines) is 2. The van der Waals surface area contributed by atoms with Crippen LogP contribution >= 0.6 is 27.3 Å². The molecule has 0 aliphatic carbocycles. The average molecular weight is 550 g/mol. The summed E-state index contributed by atoms with van der Waals surface area (Å²) in [6.07, 6.45) is 2.99. The van der Waals surface area contributed by atoms with Gasteiger partial charge in [0, 0.05) is 69.9 Å². The van der Waals surface area contributed by atoms with Crippen LogP contribution in [0, 0.1) is 5.92 Å². The molecule has 0 aromatic carbocycles. The minimum atomic E-state index is -0.491. The Morgan fingerprint density at radius 1 is 0.970 bits per heavy atom. The average Bonchev–Trinajstić information content (AvgIpc) is 3.19. The normalized spacial score (nSPS) is 17.3. The van der Waals surface area contributed by atoms with E-state index in [1.165, 1.54) is 0 Å². The van der Waals surface area contributed by atoms with Crippen LogP contribution in [-0.4, -0.2) is 73.9 Å². The van der Waals surface area contributed by atoms with Crippen molar-refractivity contribution in [1.29, 1.82) is 0 Å². The Labute approximate surface area is 211 Å². The van der Waals surface area contributed by atoms with Gasteiger partial charge in [0.1, 0.15) is 17.5 Å². The van der Waals surface area contributed by atoms with E-state index < -0.39 is 5.60 Å². The highest BCUT2D eigenvalue weighted by molar-refractivity contribution is 9.10. The lowest BCUT2D eigenvalue weighted by Gasteiger charge is -2.37. The van der Waals surface area contributed by atoms with E-state index in [0.717, 1.165) is 36.2 Å². The number of carbonyl (C=O) groups is 2. The molecule has 3 rings (SSSR count). The van der Waals surface area contributed by atoms with Crippen molar-refractivity contribution in [2.75, 3.05) is 40.4 Å². The smallest absolute Gasteiger partial charge is 0.410 e. The molecule has 9 heteroatoms. The molecule has 1 aromatic rings. The number of rotatable bonds is 3. The molecule has 7 nitrogen and oxygen atoms in total. The molecule has 0 spiro atoms. The Morgan fingerprint density at radius 2 is 1.48 bits per heavy atom. The van der Waals surface area contributed by atoms with E-state index in [2.05, 4.69) is 20.7 Å². The number of amides is 2. The lowest BCUT2D eigenvalue weighted by Crippen LogP contribution is -2.48. The molecule has 2 amide bonds. The zero-order chi connectivity index (χ0) is 25.0. The SMILES string of the molecule is CC.CC(C)(C)OC(=O)N1CCC(C(=O)N2CCC(Oc3cscc3Br)CC2)CC1.COC. The van der Waals surface area contributed by atoms with E-state index in [1.54, 1.807) is 30.5 Å². The Balaban J connectivity index is 0.00000101. The van der Waals surface area contributed by atoms with Gasteiger partial charge < -0.3 is 24.0 Å². The Bertz CT molecular complexity index is 706. The Morgan fingerprint density at radius 3 is 1.94 bits per heavy atom. The van der Waals surface area contributed by atoms with Crippen molar-refractivity contribution in [2.24, 2.45) is 5.92 Å². The maximum Gasteiger partial charge on any atom is 0.410 e. The van der Waals surface area contributed by atoms with Gasteiger partial charge in [0.15, 0.2) is 0 Å². The largest absolute Gasteiger partial charge is 0.488 e. The van der Waals surface area contributed by atoms with Crippen molar-refractivity contribution < 1.29 is 23.8 Å². The van der Waals surface area contributed by atoms with Gasteiger partial charge in [-0.3, -0.25) is 4.79 Å². The van der Waals surface area contributed by atoms with Gasteiger partial charge in [-0.1, -0.05) is 13.8 Å². The summed E-state index contributed by atoms with van der Waals surface area (Å²) < 4.78 is 16.7. The number of piperidine rings is 2. The first-order valence-electron chi connectivity index (χ1n) is 11.7. The number of nitrogens with zero attached hydrogens (tertiary/aromatic N) is 2. The number of thiophene rings is 1. The van der Waals surface area contributed by atoms with Crippen molar-refractivity contribution in [1.82, 2.24) is 9.80 Å². The van der Waals surface area contributed by atoms with Gasteiger partial charge in [-0.05, 0) is 49.5 Å². The maximum atomic E-state index is 12.9. The Hall–Kier alpha value is -1.32. The lowest BCUT2D eigenvalue weighted by atomic mass is 9.94. The van der Waals surface area contributed by atoms with E-state index in [0.29, 0.717) is 25.9 Å². The fourth-order valence-electron chi connectivity index (χ4n) is 3.62. The van der Waals surface area contributed by atoms with Crippen LogP contribution in [0.1, 0.15) is 60.3 Å². The molecule has 2 fully saturated rings. The quantitative estimate of drug-likeness (QED) is 0.476. The molecule has 0 N–H and O–H groups in total. The van der Waals surface area contributed by atoms with Crippen LogP contribution in [0.4, 0.5) is 4.79 Å². The second-order valence-electron chi connectivity index (χ2n) is 8.88. The summed E-state index contributed by atoms with van der Waals surface area (Å²) in [7, 11) is 3.25. The lowest BCUT2D eigenvalue weighted by molar-refractivity contribution is -0.138. The van der Waals surface area contributed by atoms with E-state index in [9.17, 15) is 9.59 Å². The van der Waals surface area contributed by atoms with Crippen molar-refractivity contribution >= 4 is 39.3 Å². The summed E-state index contributed by atoms with van der Waals surface area (Å²) >= 11 is 5.11. The fraction of sp³-hybridized carbons (Fsp3) is 0.750. The Kier molecular flexibility index (Phi) is 13.4. The van der Waals surface area contributed by atoms with Crippen LogP contribution in [0.3, 0.4) is 0 Å². The van der Waals surface area contributed by atoms with Crippen LogP contribution in [-0.2, 0) is 14.3 Å². The summed E-state index contributed by atoms with van der Waals surface area (Å²) in [5.74, 6) is 1.12. The van der Waals surface area contributed by atoms with Crippen LogP contribution in [0.15, 0.2) is 15.2 Å². The van der Waals surface area contributed by atoms with Crippen molar-refractivity contribution in [3.8, 4) is 5.75 Å². The number of halogens is 1.